The quantitative estimate of drug-likeness (QED) is 0.164. The van der Waals surface area contributed by atoms with E-state index in [-0.39, 0.29) is 33.6 Å². The maximum absolute atomic E-state index is 13.6. The summed E-state index contributed by atoms with van der Waals surface area (Å²) in [5, 5.41) is 5.46. The van der Waals surface area contributed by atoms with E-state index in [1.165, 1.54) is 73.7 Å². The Bertz CT molecular complexity index is 2420. The fourth-order valence-electron chi connectivity index (χ4n) is 5.98. The minimum atomic E-state index is -4.86. The van der Waals surface area contributed by atoms with Crippen LogP contribution in [0.25, 0.3) is 22.3 Å². The SMILES string of the molecule is Cc1c(Cl)cccc1C(=O)Nc1ccc(-c2cc(C(F)(F)F)ccc2C(F)(F)F)cc1.Cc1c(F)cccc1C(=O)Nc1ccc(-c2cc(C(F)(F)F)ccc2C(F)(F)F)cc1. The lowest BCUT2D eigenvalue weighted by Crippen LogP contribution is -2.14. The van der Waals surface area contributed by atoms with Crippen molar-refractivity contribution >= 4 is 34.8 Å². The van der Waals surface area contributed by atoms with Gasteiger partial charge in [-0.15, -0.1) is 0 Å². The molecule has 0 heterocycles. The van der Waals surface area contributed by atoms with Crippen LogP contribution >= 0.6 is 11.6 Å². The van der Waals surface area contributed by atoms with Crippen LogP contribution in [-0.4, -0.2) is 11.8 Å². The van der Waals surface area contributed by atoms with E-state index >= 15 is 0 Å². The van der Waals surface area contributed by atoms with E-state index in [4.69, 9.17) is 11.6 Å². The summed E-state index contributed by atoms with van der Waals surface area (Å²) in [6, 6.07) is 21.1. The van der Waals surface area contributed by atoms with Gasteiger partial charge in [-0.3, -0.25) is 9.59 Å². The average molecular weight is 899 g/mol. The molecule has 0 aromatic heterocycles. The molecule has 324 valence electrons. The molecule has 0 fully saturated rings. The third-order valence-electron chi connectivity index (χ3n) is 9.24. The van der Waals surface area contributed by atoms with Crippen LogP contribution in [-0.2, 0) is 24.7 Å². The number of halogens is 14. The summed E-state index contributed by atoms with van der Waals surface area (Å²) < 4.78 is 171. The van der Waals surface area contributed by atoms with E-state index in [2.05, 4.69) is 10.6 Å². The number of anilines is 2. The number of carbonyl (C=O) groups excluding carboxylic acids is 2. The zero-order chi connectivity index (χ0) is 45.9. The Hall–Kier alpha value is -6.36. The molecule has 0 bridgehead atoms. The molecule has 0 atom stereocenters. The molecule has 4 nitrogen and oxygen atoms in total. The molecule has 6 aromatic carbocycles. The van der Waals surface area contributed by atoms with Gasteiger partial charge >= 0.3 is 24.7 Å². The maximum Gasteiger partial charge on any atom is 0.417 e. The van der Waals surface area contributed by atoms with E-state index in [1.807, 2.05) is 0 Å². The second-order valence-corrected chi connectivity index (χ2v) is 13.8. The molecule has 18 heteroatoms. The molecule has 0 aliphatic carbocycles. The second-order valence-electron chi connectivity index (χ2n) is 13.4. The number of hydrogen-bond acceptors (Lipinski definition) is 2. The molecule has 0 saturated carbocycles. The highest BCUT2D eigenvalue weighted by atomic mass is 35.5. The number of carbonyl (C=O) groups is 2. The largest absolute Gasteiger partial charge is 0.417 e. The zero-order valence-electron chi connectivity index (χ0n) is 31.7. The maximum atomic E-state index is 13.6. The highest BCUT2D eigenvalue weighted by Crippen LogP contribution is 2.42. The fourth-order valence-corrected chi connectivity index (χ4v) is 6.16. The van der Waals surface area contributed by atoms with Gasteiger partial charge in [-0.1, -0.05) is 48.0 Å². The number of nitrogens with one attached hydrogen (secondary N) is 2. The van der Waals surface area contributed by atoms with Crippen molar-refractivity contribution in [3.05, 3.63) is 177 Å². The van der Waals surface area contributed by atoms with E-state index in [0.29, 0.717) is 52.5 Å². The highest BCUT2D eigenvalue weighted by Gasteiger charge is 2.38. The van der Waals surface area contributed by atoms with Crippen LogP contribution in [0.2, 0.25) is 5.02 Å². The van der Waals surface area contributed by atoms with Crippen LogP contribution in [0.15, 0.2) is 121 Å². The number of hydrogen-bond donors (Lipinski definition) is 2. The van der Waals surface area contributed by atoms with Gasteiger partial charge in [0.15, 0.2) is 0 Å². The number of amides is 2. The molecule has 6 aromatic rings. The fraction of sp³-hybridized carbons (Fsp3) is 0.136. The van der Waals surface area contributed by atoms with E-state index in [9.17, 15) is 66.7 Å². The predicted molar refractivity (Wildman–Crippen MR) is 207 cm³/mol. The van der Waals surface area contributed by atoms with Crippen molar-refractivity contribution in [1.29, 1.82) is 0 Å². The topological polar surface area (TPSA) is 58.2 Å². The third kappa shape index (κ3) is 11.1. The van der Waals surface area contributed by atoms with Gasteiger partial charge in [0.2, 0.25) is 0 Å². The Balaban J connectivity index is 0.000000234. The van der Waals surface area contributed by atoms with E-state index in [0.717, 1.165) is 0 Å². The first kappa shape index (κ1) is 46.7. The van der Waals surface area contributed by atoms with Crippen LogP contribution in [0.5, 0.6) is 0 Å². The lowest BCUT2D eigenvalue weighted by atomic mass is 9.96. The molecular formula is C44H28ClF13N2O2. The molecule has 0 spiro atoms. The lowest BCUT2D eigenvalue weighted by Gasteiger charge is -2.16. The van der Waals surface area contributed by atoms with Crippen molar-refractivity contribution in [3.63, 3.8) is 0 Å². The Morgan fingerprint density at radius 2 is 0.839 bits per heavy atom. The Kier molecular flexibility index (Phi) is 13.5. The van der Waals surface area contributed by atoms with Crippen LogP contribution in [0, 0.1) is 19.7 Å². The first-order valence-corrected chi connectivity index (χ1v) is 18.0. The summed E-state index contributed by atoms with van der Waals surface area (Å²) in [4.78, 5) is 24.8. The summed E-state index contributed by atoms with van der Waals surface area (Å²) in [5.41, 5.74) is -4.74. The van der Waals surface area contributed by atoms with Crippen molar-refractivity contribution in [2.24, 2.45) is 0 Å². The minimum absolute atomic E-state index is 0.0707. The van der Waals surface area contributed by atoms with Crippen molar-refractivity contribution in [2.45, 2.75) is 38.6 Å². The Morgan fingerprint density at radius 1 is 0.468 bits per heavy atom. The molecule has 62 heavy (non-hydrogen) atoms. The van der Waals surface area contributed by atoms with Gasteiger partial charge in [0.25, 0.3) is 11.8 Å². The van der Waals surface area contributed by atoms with Crippen LogP contribution in [0.4, 0.5) is 68.5 Å². The normalized spacial score (nSPS) is 12.0. The molecule has 0 aliphatic heterocycles. The number of benzene rings is 6. The van der Waals surface area contributed by atoms with Crippen LogP contribution < -0.4 is 10.6 Å². The molecule has 0 radical (unpaired) electrons. The van der Waals surface area contributed by atoms with Gasteiger partial charge in [0.05, 0.1) is 22.3 Å². The first-order chi connectivity index (χ1) is 28.8. The van der Waals surface area contributed by atoms with E-state index in [1.54, 1.807) is 25.1 Å². The number of alkyl halides is 12. The van der Waals surface area contributed by atoms with Crippen LogP contribution in [0.1, 0.15) is 54.1 Å². The van der Waals surface area contributed by atoms with Crippen molar-refractivity contribution in [3.8, 4) is 22.3 Å². The Labute approximate surface area is 349 Å². The standard InChI is InChI=1S/C22H14ClF6NO.C22H14F7NO/c2*1-12-16(3-2-4-19(12)23)20(31)30-15-8-5-13(6-9-15)17-11-14(21(24,25)26)7-10-18(17)22(27,28)29/h2*2-11H,1H3,(H,30,31). The van der Waals surface area contributed by atoms with Crippen molar-refractivity contribution in [1.82, 2.24) is 0 Å². The molecule has 6 rings (SSSR count). The summed E-state index contributed by atoms with van der Waals surface area (Å²) >= 11 is 5.99. The summed E-state index contributed by atoms with van der Waals surface area (Å²) in [6.07, 6.45) is -19.3. The second kappa shape index (κ2) is 17.9. The monoisotopic (exact) mass is 898 g/mol. The van der Waals surface area contributed by atoms with Gasteiger partial charge in [-0.05, 0) is 132 Å². The first-order valence-electron chi connectivity index (χ1n) is 17.7. The summed E-state index contributed by atoms with van der Waals surface area (Å²) in [7, 11) is 0. The van der Waals surface area contributed by atoms with Crippen molar-refractivity contribution < 1.29 is 66.7 Å². The van der Waals surface area contributed by atoms with Gasteiger partial charge in [0, 0.05) is 27.5 Å². The summed E-state index contributed by atoms with van der Waals surface area (Å²) in [6.45, 7) is 3.08. The lowest BCUT2D eigenvalue weighted by molar-refractivity contribution is -0.141. The molecule has 2 amide bonds. The predicted octanol–water partition coefficient (Wildman–Crippen LogP) is 14.7. The smallest absolute Gasteiger partial charge is 0.322 e. The molecule has 0 saturated heterocycles. The third-order valence-corrected chi connectivity index (χ3v) is 9.65. The molecule has 0 aliphatic rings. The summed E-state index contributed by atoms with van der Waals surface area (Å²) in [5.74, 6) is -1.70. The van der Waals surface area contributed by atoms with Gasteiger partial charge < -0.3 is 10.6 Å². The molecule has 0 unspecified atom stereocenters. The van der Waals surface area contributed by atoms with E-state index < -0.39 is 75.7 Å². The average Bonchev–Trinajstić information content (AvgIpc) is 3.19. The Morgan fingerprint density at radius 3 is 1.21 bits per heavy atom. The number of rotatable bonds is 6. The highest BCUT2D eigenvalue weighted by molar-refractivity contribution is 6.32. The minimum Gasteiger partial charge on any atom is -0.322 e. The van der Waals surface area contributed by atoms with Gasteiger partial charge in [-0.2, -0.15) is 52.7 Å². The molecule has 2 N–H and O–H groups in total. The zero-order valence-corrected chi connectivity index (χ0v) is 32.4. The van der Waals surface area contributed by atoms with Crippen LogP contribution in [0.3, 0.4) is 0 Å². The van der Waals surface area contributed by atoms with Gasteiger partial charge in [0.1, 0.15) is 5.82 Å². The van der Waals surface area contributed by atoms with Gasteiger partial charge in [-0.25, -0.2) is 4.39 Å². The molecular weight excluding hydrogens is 871 g/mol. The van der Waals surface area contributed by atoms with Crippen molar-refractivity contribution in [2.75, 3.05) is 10.6 Å².